The van der Waals surface area contributed by atoms with Crippen LogP contribution >= 0.6 is 11.5 Å². The molecule has 0 amide bonds. The van der Waals surface area contributed by atoms with Crippen LogP contribution in [-0.2, 0) is 0 Å². The molecule has 0 aliphatic carbocycles. The minimum absolute atomic E-state index is 0.0973. The summed E-state index contributed by atoms with van der Waals surface area (Å²) >= 11 is 0.654. The first kappa shape index (κ1) is 8.47. The van der Waals surface area contributed by atoms with Crippen molar-refractivity contribution in [1.29, 1.82) is 0 Å². The molecule has 0 spiro atoms. The maximum Gasteiger partial charge on any atom is 0.356 e. The Morgan fingerprint density at radius 2 is 1.92 bits per heavy atom. The third-order valence-corrected chi connectivity index (χ3v) is 1.81. The van der Waals surface area contributed by atoms with Crippen LogP contribution < -0.4 is 5.73 Å². The van der Waals surface area contributed by atoms with E-state index in [4.69, 9.17) is 15.9 Å². The van der Waals surface area contributed by atoms with Gasteiger partial charge in [0.1, 0.15) is 10.6 Å². The third kappa shape index (κ3) is 1.21. The molecule has 7 heteroatoms. The van der Waals surface area contributed by atoms with Crippen molar-refractivity contribution < 1.29 is 19.8 Å². The molecule has 0 saturated carbocycles. The van der Waals surface area contributed by atoms with Crippen LogP contribution in [0.25, 0.3) is 0 Å². The molecule has 12 heavy (non-hydrogen) atoms. The summed E-state index contributed by atoms with van der Waals surface area (Å²) in [4.78, 5) is 20.8. The van der Waals surface area contributed by atoms with E-state index in [1.165, 1.54) is 0 Å². The lowest BCUT2D eigenvalue weighted by molar-refractivity contribution is 0.0649. The first-order chi connectivity index (χ1) is 5.54. The van der Waals surface area contributed by atoms with Crippen molar-refractivity contribution in [3.63, 3.8) is 0 Å². The van der Waals surface area contributed by atoms with Crippen LogP contribution in [0.15, 0.2) is 0 Å². The summed E-state index contributed by atoms with van der Waals surface area (Å²) in [7, 11) is 0. The van der Waals surface area contributed by atoms with Gasteiger partial charge in [-0.15, -0.1) is 0 Å². The van der Waals surface area contributed by atoms with Gasteiger partial charge in [-0.25, -0.2) is 9.59 Å². The van der Waals surface area contributed by atoms with Gasteiger partial charge < -0.3 is 15.9 Å². The number of hydrogen-bond donors (Lipinski definition) is 3. The number of aromatic carboxylic acids is 2. The molecule has 4 N–H and O–H groups in total. The van der Waals surface area contributed by atoms with Crippen molar-refractivity contribution in [1.82, 2.24) is 4.37 Å². The van der Waals surface area contributed by atoms with E-state index in [9.17, 15) is 9.59 Å². The topological polar surface area (TPSA) is 114 Å². The lowest BCUT2D eigenvalue weighted by atomic mass is 10.2. The fraction of sp³-hybridized carbons (Fsp3) is 0. The molecular formula is C5H4N2O4S. The van der Waals surface area contributed by atoms with Crippen LogP contribution in [0.1, 0.15) is 20.8 Å². The van der Waals surface area contributed by atoms with Crippen molar-refractivity contribution in [3.05, 3.63) is 11.3 Å². The molecule has 0 aliphatic heterocycles. The maximum atomic E-state index is 10.4. The molecule has 1 aromatic heterocycles. The molecule has 1 aromatic rings. The average molecular weight is 188 g/mol. The van der Waals surface area contributed by atoms with E-state index in [1.807, 2.05) is 0 Å². The molecule has 64 valence electrons. The normalized spacial score (nSPS) is 9.67. The fourth-order valence-electron chi connectivity index (χ4n) is 0.655. The summed E-state index contributed by atoms with van der Waals surface area (Å²) in [6.45, 7) is 0. The first-order valence-corrected chi connectivity index (χ1v) is 3.53. The van der Waals surface area contributed by atoms with Gasteiger partial charge in [0.2, 0.25) is 0 Å². The van der Waals surface area contributed by atoms with Gasteiger partial charge in [0.25, 0.3) is 0 Å². The minimum atomic E-state index is -1.39. The van der Waals surface area contributed by atoms with Gasteiger partial charge in [-0.3, -0.25) is 0 Å². The number of carboxylic acids is 2. The van der Waals surface area contributed by atoms with E-state index >= 15 is 0 Å². The number of carbonyl (C=O) groups is 2. The second kappa shape index (κ2) is 2.78. The summed E-state index contributed by atoms with van der Waals surface area (Å²) < 4.78 is 3.37. The average Bonchev–Trinajstić information content (AvgIpc) is 2.30. The Bertz CT molecular complexity index is 345. The van der Waals surface area contributed by atoms with Gasteiger partial charge in [0.05, 0.1) is 0 Å². The Kier molecular flexibility index (Phi) is 1.96. The fourth-order valence-corrected chi connectivity index (χ4v) is 1.29. The zero-order valence-corrected chi connectivity index (χ0v) is 6.46. The SMILES string of the molecule is Nc1snc(C(=O)O)c1C(=O)O. The van der Waals surface area contributed by atoms with E-state index in [-0.39, 0.29) is 5.00 Å². The molecule has 1 rings (SSSR count). The number of hydrogen-bond acceptors (Lipinski definition) is 5. The molecule has 0 aliphatic rings. The number of nitrogens with two attached hydrogens (primary N) is 1. The van der Waals surface area contributed by atoms with Crippen molar-refractivity contribution in [2.24, 2.45) is 0 Å². The summed E-state index contributed by atoms with van der Waals surface area (Å²) in [5.74, 6) is -2.76. The summed E-state index contributed by atoms with van der Waals surface area (Å²) in [6.07, 6.45) is 0. The number of carboxylic acid groups (broad SMARTS) is 2. The van der Waals surface area contributed by atoms with E-state index in [0.717, 1.165) is 0 Å². The molecule has 0 unspecified atom stereocenters. The highest BCUT2D eigenvalue weighted by atomic mass is 32.1. The molecule has 0 atom stereocenters. The van der Waals surface area contributed by atoms with Crippen molar-refractivity contribution in [2.45, 2.75) is 0 Å². The van der Waals surface area contributed by atoms with Gasteiger partial charge in [-0.2, -0.15) is 4.37 Å². The highest BCUT2D eigenvalue weighted by Crippen LogP contribution is 2.20. The summed E-state index contributed by atoms with van der Waals surface area (Å²) in [6, 6.07) is 0. The third-order valence-electron chi connectivity index (χ3n) is 1.13. The molecule has 0 bridgehead atoms. The standard InChI is InChI=1S/C5H4N2O4S/c6-3-1(4(8)9)2(5(10)11)7-12-3/h6H2,(H,8,9)(H,10,11). The molecule has 0 fully saturated rings. The Morgan fingerprint density at radius 3 is 2.25 bits per heavy atom. The largest absolute Gasteiger partial charge is 0.477 e. The quantitative estimate of drug-likeness (QED) is 0.607. The van der Waals surface area contributed by atoms with E-state index < -0.39 is 23.2 Å². The van der Waals surface area contributed by atoms with E-state index in [1.54, 1.807) is 0 Å². The Hall–Kier alpha value is -1.63. The van der Waals surface area contributed by atoms with Crippen molar-refractivity contribution in [3.8, 4) is 0 Å². The Balaban J connectivity index is 3.31. The van der Waals surface area contributed by atoms with Gasteiger partial charge in [-0.05, 0) is 11.5 Å². The van der Waals surface area contributed by atoms with Gasteiger partial charge in [0, 0.05) is 0 Å². The first-order valence-electron chi connectivity index (χ1n) is 2.75. The zero-order chi connectivity index (χ0) is 9.30. The van der Waals surface area contributed by atoms with Crippen molar-refractivity contribution in [2.75, 3.05) is 5.73 Å². The molecule has 6 nitrogen and oxygen atoms in total. The minimum Gasteiger partial charge on any atom is -0.477 e. The van der Waals surface area contributed by atoms with Crippen LogP contribution in [0.3, 0.4) is 0 Å². The smallest absolute Gasteiger partial charge is 0.356 e. The molecule has 0 radical (unpaired) electrons. The number of rotatable bonds is 2. The monoisotopic (exact) mass is 188 g/mol. The number of anilines is 1. The number of nitrogen functional groups attached to an aromatic ring is 1. The second-order valence-corrected chi connectivity index (χ2v) is 2.69. The lowest BCUT2D eigenvalue weighted by Gasteiger charge is -1.91. The summed E-state index contributed by atoms with van der Waals surface area (Å²) in [5, 5.41) is 16.9. The van der Waals surface area contributed by atoms with Crippen molar-refractivity contribution >= 4 is 28.5 Å². The Labute approximate surface area is 70.4 Å². The maximum absolute atomic E-state index is 10.4. The van der Waals surface area contributed by atoms with E-state index in [2.05, 4.69) is 4.37 Å². The van der Waals surface area contributed by atoms with Crippen LogP contribution in [0.2, 0.25) is 0 Å². The van der Waals surface area contributed by atoms with Crippen LogP contribution in [0, 0.1) is 0 Å². The predicted molar refractivity (Wildman–Crippen MR) is 40.4 cm³/mol. The zero-order valence-electron chi connectivity index (χ0n) is 5.64. The predicted octanol–water partition coefficient (Wildman–Crippen LogP) is 0.122. The highest BCUT2D eigenvalue weighted by Gasteiger charge is 2.22. The molecular weight excluding hydrogens is 184 g/mol. The van der Waals surface area contributed by atoms with Gasteiger partial charge in [-0.1, -0.05) is 0 Å². The van der Waals surface area contributed by atoms with Gasteiger partial charge in [0.15, 0.2) is 5.69 Å². The van der Waals surface area contributed by atoms with Crippen LogP contribution in [0.4, 0.5) is 5.00 Å². The number of nitrogens with zero attached hydrogens (tertiary/aromatic N) is 1. The van der Waals surface area contributed by atoms with Crippen LogP contribution in [0.5, 0.6) is 0 Å². The van der Waals surface area contributed by atoms with Crippen LogP contribution in [-0.4, -0.2) is 26.5 Å². The summed E-state index contributed by atoms with van der Waals surface area (Å²) in [5.41, 5.74) is 4.25. The lowest BCUT2D eigenvalue weighted by Crippen LogP contribution is -2.07. The molecule has 0 aromatic carbocycles. The molecule has 0 saturated heterocycles. The highest BCUT2D eigenvalue weighted by molar-refractivity contribution is 7.10. The Morgan fingerprint density at radius 1 is 1.33 bits per heavy atom. The second-order valence-electron chi connectivity index (χ2n) is 1.88. The van der Waals surface area contributed by atoms with Gasteiger partial charge >= 0.3 is 11.9 Å². The molecule has 1 heterocycles. The number of aromatic nitrogens is 1. The van der Waals surface area contributed by atoms with E-state index in [0.29, 0.717) is 11.5 Å².